The lowest BCUT2D eigenvalue weighted by molar-refractivity contribution is 0.579. The first kappa shape index (κ1) is 13.3. The van der Waals surface area contributed by atoms with Crippen molar-refractivity contribution in [3.8, 4) is 0 Å². The van der Waals surface area contributed by atoms with E-state index in [1.165, 1.54) is 30.8 Å². The zero-order valence-electron chi connectivity index (χ0n) is 9.38. The first-order valence-electron chi connectivity index (χ1n) is 5.48. The molecule has 0 aliphatic rings. The number of nitrogens with two attached hydrogens (primary N) is 1. The Balaban J connectivity index is 3.23. The van der Waals surface area contributed by atoms with E-state index in [1.807, 2.05) is 0 Å². The van der Waals surface area contributed by atoms with E-state index in [4.69, 9.17) is 5.73 Å². The summed E-state index contributed by atoms with van der Waals surface area (Å²) in [5.74, 6) is 4.29. The van der Waals surface area contributed by atoms with Crippen molar-refractivity contribution in [2.24, 2.45) is 17.6 Å². The van der Waals surface area contributed by atoms with Gasteiger partial charge in [-0.1, -0.05) is 33.6 Å². The van der Waals surface area contributed by atoms with E-state index >= 15 is 0 Å². The fraction of sp³-hybridized carbons (Fsp3) is 1.00. The fourth-order valence-corrected chi connectivity index (χ4v) is 2.69. The Morgan fingerprint density at radius 1 is 1.08 bits per heavy atom. The molecule has 0 spiro atoms. The van der Waals surface area contributed by atoms with Gasteiger partial charge in [-0.15, -0.1) is 0 Å². The SMILES string of the molecule is CCCC(C)CSCC(C)CCN. The van der Waals surface area contributed by atoms with Gasteiger partial charge in [0.1, 0.15) is 0 Å². The van der Waals surface area contributed by atoms with Gasteiger partial charge in [-0.2, -0.15) is 11.8 Å². The molecule has 0 fully saturated rings. The second-order valence-electron chi connectivity index (χ2n) is 4.11. The molecule has 80 valence electrons. The van der Waals surface area contributed by atoms with Crippen LogP contribution in [0, 0.1) is 11.8 Å². The van der Waals surface area contributed by atoms with E-state index in [0.29, 0.717) is 0 Å². The second-order valence-corrected chi connectivity index (χ2v) is 5.19. The van der Waals surface area contributed by atoms with Crippen molar-refractivity contribution in [1.29, 1.82) is 0 Å². The smallest absolute Gasteiger partial charge is 0.00412 e. The predicted molar refractivity (Wildman–Crippen MR) is 64.2 cm³/mol. The summed E-state index contributed by atoms with van der Waals surface area (Å²) < 4.78 is 0. The summed E-state index contributed by atoms with van der Waals surface area (Å²) in [7, 11) is 0. The lowest BCUT2D eigenvalue weighted by Crippen LogP contribution is -2.08. The molecule has 2 atom stereocenters. The molecule has 0 aromatic carbocycles. The van der Waals surface area contributed by atoms with E-state index in [-0.39, 0.29) is 0 Å². The molecular formula is C11H25NS. The number of hydrogen-bond acceptors (Lipinski definition) is 2. The summed E-state index contributed by atoms with van der Waals surface area (Å²) in [5.41, 5.74) is 5.50. The molecule has 0 rings (SSSR count). The average molecular weight is 203 g/mol. The van der Waals surface area contributed by atoms with E-state index < -0.39 is 0 Å². The summed E-state index contributed by atoms with van der Waals surface area (Å²) in [6.45, 7) is 7.75. The molecule has 0 aromatic heterocycles. The Hall–Kier alpha value is 0.310. The molecule has 0 saturated heterocycles. The van der Waals surface area contributed by atoms with E-state index in [1.54, 1.807) is 0 Å². The van der Waals surface area contributed by atoms with Crippen LogP contribution in [0.15, 0.2) is 0 Å². The molecule has 1 nitrogen and oxygen atoms in total. The number of thioether (sulfide) groups is 1. The Kier molecular flexibility index (Phi) is 9.10. The van der Waals surface area contributed by atoms with Crippen molar-refractivity contribution < 1.29 is 0 Å². The Bertz CT molecular complexity index is 94.3. The molecule has 0 bridgehead atoms. The van der Waals surface area contributed by atoms with Gasteiger partial charge in [0.05, 0.1) is 0 Å². The maximum absolute atomic E-state index is 5.50. The molecular weight excluding hydrogens is 178 g/mol. The standard InChI is InChI=1S/C11H25NS/c1-4-5-10(2)8-13-9-11(3)6-7-12/h10-11H,4-9,12H2,1-3H3. The van der Waals surface area contributed by atoms with Crippen LogP contribution < -0.4 is 5.73 Å². The lowest BCUT2D eigenvalue weighted by Gasteiger charge is -2.12. The largest absolute Gasteiger partial charge is 0.330 e. The summed E-state index contributed by atoms with van der Waals surface area (Å²) in [6, 6.07) is 0. The van der Waals surface area contributed by atoms with Gasteiger partial charge < -0.3 is 5.73 Å². The van der Waals surface area contributed by atoms with Crippen LogP contribution in [0.5, 0.6) is 0 Å². The molecule has 0 aliphatic heterocycles. The van der Waals surface area contributed by atoms with E-state index in [9.17, 15) is 0 Å². The topological polar surface area (TPSA) is 26.0 Å². The highest BCUT2D eigenvalue weighted by atomic mass is 32.2. The molecule has 2 N–H and O–H groups in total. The van der Waals surface area contributed by atoms with Gasteiger partial charge in [0.2, 0.25) is 0 Å². The highest BCUT2D eigenvalue weighted by Gasteiger charge is 2.04. The summed E-state index contributed by atoms with van der Waals surface area (Å²) in [5, 5.41) is 0. The quantitative estimate of drug-likeness (QED) is 0.656. The number of rotatable bonds is 8. The van der Waals surface area contributed by atoms with Crippen molar-refractivity contribution >= 4 is 11.8 Å². The third-order valence-electron chi connectivity index (χ3n) is 2.25. The van der Waals surface area contributed by atoms with Crippen molar-refractivity contribution in [2.45, 2.75) is 40.0 Å². The van der Waals surface area contributed by atoms with E-state index in [0.717, 1.165) is 18.4 Å². The van der Waals surface area contributed by atoms with Gasteiger partial charge in [0, 0.05) is 0 Å². The molecule has 0 radical (unpaired) electrons. The minimum absolute atomic E-state index is 0.795. The molecule has 0 amide bonds. The van der Waals surface area contributed by atoms with Crippen LogP contribution in [0.25, 0.3) is 0 Å². The highest BCUT2D eigenvalue weighted by molar-refractivity contribution is 7.99. The van der Waals surface area contributed by atoms with Crippen molar-refractivity contribution in [3.63, 3.8) is 0 Å². The molecule has 0 saturated carbocycles. The van der Waals surface area contributed by atoms with Crippen molar-refractivity contribution in [3.05, 3.63) is 0 Å². The number of hydrogen-bond donors (Lipinski definition) is 1. The van der Waals surface area contributed by atoms with Crippen molar-refractivity contribution in [2.75, 3.05) is 18.1 Å². The van der Waals surface area contributed by atoms with Gasteiger partial charge in [-0.3, -0.25) is 0 Å². The van der Waals surface area contributed by atoms with Gasteiger partial charge in [0.25, 0.3) is 0 Å². The lowest BCUT2D eigenvalue weighted by atomic mass is 10.1. The zero-order chi connectivity index (χ0) is 10.1. The third kappa shape index (κ3) is 8.63. The molecule has 0 aliphatic carbocycles. The van der Waals surface area contributed by atoms with Gasteiger partial charge in [0.15, 0.2) is 0 Å². The van der Waals surface area contributed by atoms with Gasteiger partial charge >= 0.3 is 0 Å². The monoisotopic (exact) mass is 203 g/mol. The molecule has 13 heavy (non-hydrogen) atoms. The third-order valence-corrected chi connectivity index (χ3v) is 3.86. The maximum Gasteiger partial charge on any atom is -0.00412 e. The van der Waals surface area contributed by atoms with E-state index in [2.05, 4.69) is 32.5 Å². The second kappa shape index (κ2) is 8.89. The fourth-order valence-electron chi connectivity index (χ4n) is 1.41. The summed E-state index contributed by atoms with van der Waals surface area (Å²) in [4.78, 5) is 0. The highest BCUT2D eigenvalue weighted by Crippen LogP contribution is 2.17. The maximum atomic E-state index is 5.50. The molecule has 2 heteroatoms. The van der Waals surface area contributed by atoms with Gasteiger partial charge in [-0.05, 0) is 36.3 Å². The van der Waals surface area contributed by atoms with Gasteiger partial charge in [-0.25, -0.2) is 0 Å². The van der Waals surface area contributed by atoms with Crippen LogP contribution in [0.1, 0.15) is 40.0 Å². The average Bonchev–Trinajstić information content (AvgIpc) is 2.05. The minimum atomic E-state index is 0.795. The minimum Gasteiger partial charge on any atom is -0.330 e. The molecule has 0 heterocycles. The zero-order valence-corrected chi connectivity index (χ0v) is 10.2. The molecule has 2 unspecified atom stereocenters. The first-order chi connectivity index (χ1) is 6.20. The van der Waals surface area contributed by atoms with Crippen molar-refractivity contribution in [1.82, 2.24) is 0 Å². The van der Waals surface area contributed by atoms with Crippen LogP contribution in [0.4, 0.5) is 0 Å². The first-order valence-corrected chi connectivity index (χ1v) is 6.64. The van der Waals surface area contributed by atoms with Crippen LogP contribution >= 0.6 is 11.8 Å². The normalized spacial score (nSPS) is 15.7. The molecule has 0 aromatic rings. The Morgan fingerprint density at radius 2 is 1.62 bits per heavy atom. The predicted octanol–water partition coefficient (Wildman–Crippen LogP) is 3.14. The Morgan fingerprint density at radius 3 is 2.08 bits per heavy atom. The van der Waals surface area contributed by atoms with Crippen LogP contribution in [0.2, 0.25) is 0 Å². The van der Waals surface area contributed by atoms with Crippen LogP contribution in [0.3, 0.4) is 0 Å². The van der Waals surface area contributed by atoms with Crippen LogP contribution in [-0.4, -0.2) is 18.1 Å². The summed E-state index contributed by atoms with van der Waals surface area (Å²) in [6.07, 6.45) is 3.87. The summed E-state index contributed by atoms with van der Waals surface area (Å²) >= 11 is 2.09. The Labute approximate surface area is 87.9 Å². The van der Waals surface area contributed by atoms with Crippen LogP contribution in [-0.2, 0) is 0 Å².